The second-order valence-electron chi connectivity index (χ2n) is 8.87. The normalized spacial score (nSPS) is 14.3. The summed E-state index contributed by atoms with van der Waals surface area (Å²) in [6.07, 6.45) is 8.59. The number of benzene rings is 1. The fourth-order valence-electron chi connectivity index (χ4n) is 4.36. The van der Waals surface area contributed by atoms with Crippen molar-refractivity contribution < 1.29 is 18.8 Å². The lowest BCUT2D eigenvalue weighted by Crippen LogP contribution is -2.49. The lowest BCUT2D eigenvalue weighted by atomic mass is 10.0. The van der Waals surface area contributed by atoms with Gasteiger partial charge in [-0.05, 0) is 79.8 Å². The molecule has 0 spiro atoms. The molecular formula is C27H30N4O4. The highest BCUT2D eigenvalue weighted by atomic mass is 16.3. The highest BCUT2D eigenvalue weighted by molar-refractivity contribution is 6.04. The van der Waals surface area contributed by atoms with E-state index in [-0.39, 0.29) is 24.3 Å². The Labute approximate surface area is 204 Å². The van der Waals surface area contributed by atoms with Gasteiger partial charge in [0.25, 0.3) is 5.91 Å². The predicted octanol–water partition coefficient (Wildman–Crippen LogP) is 3.85. The van der Waals surface area contributed by atoms with E-state index in [1.54, 1.807) is 30.6 Å². The number of aryl methyl sites for hydroxylation is 2. The number of carbonyl (C=O) groups is 3. The van der Waals surface area contributed by atoms with Gasteiger partial charge in [-0.25, -0.2) is 0 Å². The third-order valence-corrected chi connectivity index (χ3v) is 6.41. The zero-order valence-corrected chi connectivity index (χ0v) is 20.0. The number of anilines is 1. The summed E-state index contributed by atoms with van der Waals surface area (Å²) in [4.78, 5) is 45.3. The first-order valence-corrected chi connectivity index (χ1v) is 11.9. The van der Waals surface area contributed by atoms with E-state index in [1.165, 1.54) is 17.2 Å². The van der Waals surface area contributed by atoms with E-state index >= 15 is 0 Å². The first-order valence-electron chi connectivity index (χ1n) is 11.9. The maximum Gasteiger partial charge on any atom is 0.287 e. The standard InChI is InChI=1S/C27H30N4O4/c1-18-9-10-22(16-19(18)2)31(24(32)17-29-26(33)23-8-5-15-35-23)25(20-11-13-28-14-12-20)27(34)30-21-6-3-4-7-21/h5,8-16,21,25H,3-4,6-7,17H2,1-2H3,(H,29,33)(H,30,34). The van der Waals surface area contributed by atoms with E-state index in [9.17, 15) is 14.4 Å². The number of carbonyl (C=O) groups excluding carboxylic acids is 3. The molecule has 1 unspecified atom stereocenters. The number of aromatic nitrogens is 1. The van der Waals surface area contributed by atoms with E-state index < -0.39 is 17.9 Å². The molecule has 1 aliphatic carbocycles. The van der Waals surface area contributed by atoms with Crippen LogP contribution in [0.2, 0.25) is 0 Å². The molecule has 35 heavy (non-hydrogen) atoms. The minimum Gasteiger partial charge on any atom is -0.459 e. The van der Waals surface area contributed by atoms with Crippen LogP contribution in [0, 0.1) is 13.8 Å². The second-order valence-corrected chi connectivity index (χ2v) is 8.87. The highest BCUT2D eigenvalue weighted by Gasteiger charge is 2.34. The Balaban J connectivity index is 1.69. The summed E-state index contributed by atoms with van der Waals surface area (Å²) < 4.78 is 5.12. The molecule has 182 valence electrons. The summed E-state index contributed by atoms with van der Waals surface area (Å²) >= 11 is 0. The maximum absolute atomic E-state index is 13.7. The molecule has 0 saturated heterocycles. The zero-order valence-electron chi connectivity index (χ0n) is 20.0. The molecule has 2 heterocycles. The zero-order chi connectivity index (χ0) is 24.8. The summed E-state index contributed by atoms with van der Waals surface area (Å²) in [7, 11) is 0. The van der Waals surface area contributed by atoms with Crippen molar-refractivity contribution in [2.24, 2.45) is 0 Å². The molecule has 2 aromatic heterocycles. The third kappa shape index (κ3) is 5.77. The molecule has 4 rings (SSSR count). The van der Waals surface area contributed by atoms with Gasteiger partial charge in [0.1, 0.15) is 6.04 Å². The van der Waals surface area contributed by atoms with Gasteiger partial charge in [0, 0.05) is 24.1 Å². The number of amides is 3. The molecule has 0 radical (unpaired) electrons. The molecule has 8 nitrogen and oxygen atoms in total. The molecule has 0 aliphatic heterocycles. The molecule has 2 N–H and O–H groups in total. The van der Waals surface area contributed by atoms with Gasteiger partial charge in [0.2, 0.25) is 11.8 Å². The minimum atomic E-state index is -0.922. The van der Waals surface area contributed by atoms with Gasteiger partial charge < -0.3 is 15.1 Å². The summed E-state index contributed by atoms with van der Waals surface area (Å²) in [6, 6.07) is 11.4. The van der Waals surface area contributed by atoms with Crippen LogP contribution in [0.3, 0.4) is 0 Å². The average Bonchev–Trinajstić information content (AvgIpc) is 3.58. The smallest absolute Gasteiger partial charge is 0.287 e. The van der Waals surface area contributed by atoms with Crippen molar-refractivity contribution in [3.63, 3.8) is 0 Å². The van der Waals surface area contributed by atoms with Crippen molar-refractivity contribution in [3.8, 4) is 0 Å². The first-order chi connectivity index (χ1) is 16.9. The maximum atomic E-state index is 13.7. The summed E-state index contributed by atoms with van der Waals surface area (Å²) in [6.45, 7) is 3.65. The highest BCUT2D eigenvalue weighted by Crippen LogP contribution is 2.30. The van der Waals surface area contributed by atoms with E-state index in [4.69, 9.17) is 4.42 Å². The molecule has 1 aliphatic rings. The van der Waals surface area contributed by atoms with Crippen molar-refractivity contribution in [3.05, 3.63) is 83.6 Å². The van der Waals surface area contributed by atoms with Gasteiger partial charge in [-0.3, -0.25) is 24.3 Å². The largest absolute Gasteiger partial charge is 0.459 e. The molecule has 8 heteroatoms. The minimum absolute atomic E-state index is 0.0854. The van der Waals surface area contributed by atoms with Crippen LogP contribution in [0.4, 0.5) is 5.69 Å². The number of nitrogens with one attached hydrogen (secondary N) is 2. The molecule has 1 aromatic carbocycles. The van der Waals surface area contributed by atoms with Crippen LogP contribution in [0.1, 0.15) is 59.0 Å². The Morgan fingerprint density at radius 2 is 1.80 bits per heavy atom. The lowest BCUT2D eigenvalue weighted by molar-refractivity contribution is -0.126. The van der Waals surface area contributed by atoms with Crippen molar-refractivity contribution in [2.75, 3.05) is 11.4 Å². The van der Waals surface area contributed by atoms with Crippen LogP contribution >= 0.6 is 0 Å². The Morgan fingerprint density at radius 1 is 1.06 bits per heavy atom. The van der Waals surface area contributed by atoms with Gasteiger partial charge in [0.15, 0.2) is 5.76 Å². The van der Waals surface area contributed by atoms with E-state index in [2.05, 4.69) is 15.6 Å². The van der Waals surface area contributed by atoms with Gasteiger partial charge in [-0.15, -0.1) is 0 Å². The van der Waals surface area contributed by atoms with Crippen LogP contribution in [-0.2, 0) is 9.59 Å². The van der Waals surface area contributed by atoms with E-state index in [1.807, 2.05) is 32.0 Å². The summed E-state index contributed by atoms with van der Waals surface area (Å²) in [5.74, 6) is -1.07. The van der Waals surface area contributed by atoms with Crippen LogP contribution < -0.4 is 15.5 Å². The van der Waals surface area contributed by atoms with E-state index in [0.29, 0.717) is 11.3 Å². The average molecular weight is 475 g/mol. The first kappa shape index (κ1) is 24.2. The Morgan fingerprint density at radius 3 is 2.46 bits per heavy atom. The monoisotopic (exact) mass is 474 g/mol. The van der Waals surface area contributed by atoms with Gasteiger partial charge >= 0.3 is 0 Å². The van der Waals surface area contributed by atoms with Crippen molar-refractivity contribution >= 4 is 23.4 Å². The van der Waals surface area contributed by atoms with Crippen LogP contribution in [0.25, 0.3) is 0 Å². The molecule has 1 saturated carbocycles. The SMILES string of the molecule is Cc1ccc(N(C(=O)CNC(=O)c2ccco2)C(C(=O)NC2CCCC2)c2ccncc2)cc1C. The van der Waals surface area contributed by atoms with Crippen molar-refractivity contribution in [2.45, 2.75) is 51.6 Å². The number of pyridine rings is 1. The number of hydrogen-bond donors (Lipinski definition) is 2. The molecular weight excluding hydrogens is 444 g/mol. The molecule has 3 amide bonds. The fourth-order valence-corrected chi connectivity index (χ4v) is 4.36. The Hall–Kier alpha value is -3.94. The van der Waals surface area contributed by atoms with Crippen LogP contribution in [0.5, 0.6) is 0 Å². The van der Waals surface area contributed by atoms with Gasteiger partial charge in [0.05, 0.1) is 12.8 Å². The topological polar surface area (TPSA) is 105 Å². The predicted molar refractivity (Wildman–Crippen MR) is 132 cm³/mol. The van der Waals surface area contributed by atoms with E-state index in [0.717, 1.165) is 36.8 Å². The molecule has 3 aromatic rings. The van der Waals surface area contributed by atoms with Crippen molar-refractivity contribution in [1.29, 1.82) is 0 Å². The van der Waals surface area contributed by atoms with Crippen LogP contribution in [0.15, 0.2) is 65.5 Å². The van der Waals surface area contributed by atoms with Gasteiger partial charge in [-0.1, -0.05) is 18.9 Å². The number of hydrogen-bond acceptors (Lipinski definition) is 5. The Bertz CT molecular complexity index is 1170. The molecule has 1 atom stereocenters. The number of furan rings is 1. The second kappa shape index (κ2) is 11.0. The molecule has 1 fully saturated rings. The number of rotatable bonds is 8. The lowest BCUT2D eigenvalue weighted by Gasteiger charge is -2.32. The van der Waals surface area contributed by atoms with Crippen molar-refractivity contribution in [1.82, 2.24) is 15.6 Å². The summed E-state index contributed by atoms with van der Waals surface area (Å²) in [5.41, 5.74) is 3.28. The fraction of sp³-hybridized carbons (Fsp3) is 0.333. The Kier molecular flexibility index (Phi) is 7.60. The van der Waals surface area contributed by atoms with Crippen LogP contribution in [-0.4, -0.2) is 35.3 Å². The number of nitrogens with zero attached hydrogens (tertiary/aromatic N) is 2. The third-order valence-electron chi connectivity index (χ3n) is 6.41. The quantitative estimate of drug-likeness (QED) is 0.516. The summed E-state index contributed by atoms with van der Waals surface area (Å²) in [5, 5.41) is 5.75. The van der Waals surface area contributed by atoms with Gasteiger partial charge in [-0.2, -0.15) is 0 Å². The molecule has 0 bridgehead atoms.